The fourth-order valence-electron chi connectivity index (χ4n) is 1.69. The van der Waals surface area contributed by atoms with Crippen LogP contribution in [0.5, 0.6) is 5.75 Å². The van der Waals surface area contributed by atoms with Crippen LogP contribution in [-0.4, -0.2) is 69.8 Å². The van der Waals surface area contributed by atoms with Gasteiger partial charge in [0.1, 0.15) is 25.6 Å². The number of carbonyl (C=O) groups excluding carboxylic acids is 1. The van der Waals surface area contributed by atoms with Gasteiger partial charge in [0.2, 0.25) is 5.91 Å². The molecule has 1 amide bonds. The predicted octanol–water partition coefficient (Wildman–Crippen LogP) is -0.102. The molecule has 0 radical (unpaired) electrons. The van der Waals surface area contributed by atoms with Crippen LogP contribution < -0.4 is 15.8 Å². The molecule has 0 atom stereocenters. The van der Waals surface area contributed by atoms with E-state index in [2.05, 4.69) is 10.1 Å². The minimum atomic E-state index is -1.12. The highest BCUT2D eigenvalue weighted by Crippen LogP contribution is 2.19. The molecule has 0 heterocycles. The van der Waals surface area contributed by atoms with E-state index in [4.69, 9.17) is 25.1 Å². The molecule has 140 valence electrons. The van der Waals surface area contributed by atoms with E-state index in [0.29, 0.717) is 51.0 Å². The Balaban J connectivity index is 1.86. The zero-order valence-electron chi connectivity index (χ0n) is 13.9. The van der Waals surface area contributed by atoms with Crippen LogP contribution in [0.1, 0.15) is 0 Å². The Morgan fingerprint density at radius 2 is 1.64 bits per heavy atom. The Morgan fingerprint density at radius 3 is 2.36 bits per heavy atom. The van der Waals surface area contributed by atoms with E-state index in [1.807, 2.05) is 12.1 Å². The summed E-state index contributed by atoms with van der Waals surface area (Å²) in [7, 11) is 0. The molecule has 9 nitrogen and oxygen atoms in total. The Morgan fingerprint density at radius 1 is 0.960 bits per heavy atom. The van der Waals surface area contributed by atoms with E-state index in [1.54, 1.807) is 12.1 Å². The number of hydrogen-bond acceptors (Lipinski definition) is 7. The van der Waals surface area contributed by atoms with Crippen LogP contribution >= 0.6 is 0 Å². The second kappa shape index (κ2) is 13.0. The summed E-state index contributed by atoms with van der Waals surface area (Å²) >= 11 is 0. The van der Waals surface area contributed by atoms with E-state index in [-0.39, 0.29) is 6.61 Å². The summed E-state index contributed by atoms with van der Waals surface area (Å²) in [4.78, 5) is 21.4. The van der Waals surface area contributed by atoms with Crippen molar-refractivity contribution >= 4 is 17.6 Å². The lowest BCUT2D eigenvalue weighted by Crippen LogP contribution is -2.31. The normalized spacial score (nSPS) is 10.4. The number of carboxylic acid groups (broad SMARTS) is 1. The van der Waals surface area contributed by atoms with Crippen LogP contribution in [0.2, 0.25) is 0 Å². The number of nitrogens with one attached hydrogen (secondary N) is 1. The van der Waals surface area contributed by atoms with Gasteiger partial charge in [-0.05, 0) is 12.1 Å². The van der Waals surface area contributed by atoms with Gasteiger partial charge in [-0.3, -0.25) is 4.79 Å². The molecule has 0 bridgehead atoms. The predicted molar refractivity (Wildman–Crippen MR) is 89.5 cm³/mol. The largest absolute Gasteiger partial charge is 0.489 e. The Hall–Kier alpha value is -2.36. The van der Waals surface area contributed by atoms with Crippen molar-refractivity contribution in [1.82, 2.24) is 5.32 Å². The average Bonchev–Trinajstić information content (AvgIpc) is 2.57. The first-order valence-corrected chi connectivity index (χ1v) is 7.78. The number of nitrogens with two attached hydrogens (primary N) is 1. The number of hydrogen-bond donors (Lipinski definition) is 3. The fourth-order valence-corrected chi connectivity index (χ4v) is 1.69. The van der Waals surface area contributed by atoms with Crippen molar-refractivity contribution in [3.05, 3.63) is 24.3 Å². The minimum Gasteiger partial charge on any atom is -0.489 e. The standard InChI is InChI=1S/C16H24N2O7/c17-13-3-1-2-4-14(13)25-10-9-23-8-7-22-6-5-18-15(19)11-24-12-16(20)21/h1-4H,5-12,17H2,(H,18,19)(H,20,21). The highest BCUT2D eigenvalue weighted by atomic mass is 16.5. The zero-order chi connectivity index (χ0) is 18.3. The Labute approximate surface area is 146 Å². The quantitative estimate of drug-likeness (QED) is 0.311. The van der Waals surface area contributed by atoms with Gasteiger partial charge in [-0.2, -0.15) is 0 Å². The number of rotatable bonds is 14. The average molecular weight is 356 g/mol. The maximum absolute atomic E-state index is 11.2. The Bertz CT molecular complexity index is 525. The molecule has 0 unspecified atom stereocenters. The molecule has 0 spiro atoms. The molecule has 1 aromatic carbocycles. The van der Waals surface area contributed by atoms with Crippen molar-refractivity contribution in [2.45, 2.75) is 0 Å². The molecular formula is C16H24N2O7. The smallest absolute Gasteiger partial charge is 0.329 e. The van der Waals surface area contributed by atoms with Crippen LogP contribution in [0.15, 0.2) is 24.3 Å². The van der Waals surface area contributed by atoms with Gasteiger partial charge in [-0.15, -0.1) is 0 Å². The highest BCUT2D eigenvalue weighted by Gasteiger charge is 2.03. The van der Waals surface area contributed by atoms with Crippen LogP contribution in [0.25, 0.3) is 0 Å². The minimum absolute atomic E-state index is 0.290. The first-order chi connectivity index (χ1) is 12.1. The molecule has 0 aliphatic heterocycles. The summed E-state index contributed by atoms with van der Waals surface area (Å²) in [5.74, 6) is -0.877. The number of carboxylic acids is 1. The van der Waals surface area contributed by atoms with Gasteiger partial charge >= 0.3 is 5.97 Å². The van der Waals surface area contributed by atoms with Gasteiger partial charge in [0.25, 0.3) is 0 Å². The summed E-state index contributed by atoms with van der Waals surface area (Å²) in [6.45, 7) is 1.44. The first-order valence-electron chi connectivity index (χ1n) is 7.78. The second-order valence-corrected chi connectivity index (χ2v) is 4.85. The molecule has 0 aliphatic carbocycles. The second-order valence-electron chi connectivity index (χ2n) is 4.85. The number of carbonyl (C=O) groups is 2. The third kappa shape index (κ3) is 10.9. The molecule has 0 aliphatic rings. The molecule has 25 heavy (non-hydrogen) atoms. The van der Waals surface area contributed by atoms with E-state index >= 15 is 0 Å². The molecule has 0 saturated carbocycles. The monoisotopic (exact) mass is 356 g/mol. The molecule has 0 fully saturated rings. The first kappa shape index (κ1) is 20.7. The maximum Gasteiger partial charge on any atom is 0.329 e. The molecule has 0 saturated heterocycles. The van der Waals surface area contributed by atoms with Crippen LogP contribution in [0.3, 0.4) is 0 Å². The lowest BCUT2D eigenvalue weighted by Gasteiger charge is -2.09. The SMILES string of the molecule is Nc1ccccc1OCCOCCOCCNC(=O)COCC(=O)O. The van der Waals surface area contributed by atoms with Gasteiger partial charge in [0.15, 0.2) is 0 Å². The number of benzene rings is 1. The third-order valence-electron chi connectivity index (χ3n) is 2.80. The fraction of sp³-hybridized carbons (Fsp3) is 0.500. The molecule has 9 heteroatoms. The van der Waals surface area contributed by atoms with Crippen molar-refractivity contribution < 1.29 is 33.6 Å². The molecular weight excluding hydrogens is 332 g/mol. The van der Waals surface area contributed by atoms with E-state index in [1.165, 1.54) is 0 Å². The summed E-state index contributed by atoms with van der Waals surface area (Å²) in [6, 6.07) is 7.24. The third-order valence-corrected chi connectivity index (χ3v) is 2.80. The van der Waals surface area contributed by atoms with E-state index in [9.17, 15) is 9.59 Å². The van der Waals surface area contributed by atoms with Gasteiger partial charge in [0.05, 0.1) is 32.1 Å². The topological polar surface area (TPSA) is 129 Å². The maximum atomic E-state index is 11.2. The zero-order valence-corrected chi connectivity index (χ0v) is 13.9. The number of aliphatic carboxylic acids is 1. The number of ether oxygens (including phenoxy) is 4. The molecule has 4 N–H and O–H groups in total. The lowest BCUT2D eigenvalue weighted by molar-refractivity contribution is -0.143. The van der Waals surface area contributed by atoms with Crippen molar-refractivity contribution in [2.24, 2.45) is 0 Å². The molecule has 1 aromatic rings. The summed E-state index contributed by atoms with van der Waals surface area (Å²) < 4.78 is 20.7. The van der Waals surface area contributed by atoms with E-state index < -0.39 is 18.5 Å². The van der Waals surface area contributed by atoms with Gasteiger partial charge < -0.3 is 35.1 Å². The van der Waals surface area contributed by atoms with Gasteiger partial charge in [0, 0.05) is 6.54 Å². The van der Waals surface area contributed by atoms with Crippen molar-refractivity contribution in [3.8, 4) is 5.75 Å². The van der Waals surface area contributed by atoms with E-state index in [0.717, 1.165) is 0 Å². The van der Waals surface area contributed by atoms with Gasteiger partial charge in [-0.1, -0.05) is 12.1 Å². The number of nitrogen functional groups attached to an aromatic ring is 1. The molecule has 1 rings (SSSR count). The van der Waals surface area contributed by atoms with Crippen LogP contribution in [0.4, 0.5) is 5.69 Å². The highest BCUT2D eigenvalue weighted by molar-refractivity contribution is 5.77. The lowest BCUT2D eigenvalue weighted by atomic mass is 10.3. The summed E-state index contributed by atoms with van der Waals surface area (Å²) in [5, 5.41) is 10.9. The Kier molecular flexibility index (Phi) is 10.7. The van der Waals surface area contributed by atoms with Crippen LogP contribution in [-0.2, 0) is 23.8 Å². The van der Waals surface area contributed by atoms with Crippen molar-refractivity contribution in [2.75, 3.05) is 58.5 Å². The number of anilines is 1. The van der Waals surface area contributed by atoms with Gasteiger partial charge in [-0.25, -0.2) is 4.79 Å². The van der Waals surface area contributed by atoms with Crippen molar-refractivity contribution in [1.29, 1.82) is 0 Å². The molecule has 0 aromatic heterocycles. The summed E-state index contributed by atoms with van der Waals surface area (Å²) in [6.07, 6.45) is 0. The van der Waals surface area contributed by atoms with Crippen molar-refractivity contribution in [3.63, 3.8) is 0 Å². The summed E-state index contributed by atoms with van der Waals surface area (Å²) in [5.41, 5.74) is 6.33. The number of para-hydroxylation sites is 2. The number of amides is 1. The van der Waals surface area contributed by atoms with Crippen LogP contribution in [0, 0.1) is 0 Å².